The number of benzene rings is 1. The number of hydrogen-bond donors (Lipinski definition) is 2. The minimum Gasteiger partial charge on any atom is -0.497 e. The Morgan fingerprint density at radius 2 is 2.10 bits per heavy atom. The third-order valence-electron chi connectivity index (χ3n) is 5.29. The average molecular weight is 399 g/mol. The van der Waals surface area contributed by atoms with Crippen molar-refractivity contribution < 1.29 is 4.74 Å². The van der Waals surface area contributed by atoms with Gasteiger partial charge in [-0.1, -0.05) is 12.1 Å². The Balaban J connectivity index is 1.66. The third-order valence-corrected chi connectivity index (χ3v) is 5.29. The van der Waals surface area contributed by atoms with Crippen LogP contribution in [0.2, 0.25) is 0 Å². The van der Waals surface area contributed by atoms with E-state index in [9.17, 15) is 0 Å². The van der Waals surface area contributed by atoms with Crippen LogP contribution in [0.15, 0.2) is 41.7 Å². The van der Waals surface area contributed by atoms with Crippen molar-refractivity contribution in [3.8, 4) is 5.75 Å². The molecule has 1 aromatic carbocycles. The van der Waals surface area contributed by atoms with Crippen LogP contribution in [0.5, 0.6) is 5.75 Å². The molecular weight excluding hydrogens is 364 g/mol. The minimum absolute atomic E-state index is 0.265. The van der Waals surface area contributed by atoms with Crippen molar-refractivity contribution in [1.82, 2.24) is 25.3 Å². The van der Waals surface area contributed by atoms with E-state index >= 15 is 0 Å². The Kier molecular flexibility index (Phi) is 7.93. The van der Waals surface area contributed by atoms with E-state index in [1.807, 2.05) is 24.0 Å². The second-order valence-corrected chi connectivity index (χ2v) is 7.45. The fourth-order valence-corrected chi connectivity index (χ4v) is 3.78. The van der Waals surface area contributed by atoms with E-state index in [0.29, 0.717) is 0 Å². The Hall–Kier alpha value is -2.54. The predicted molar refractivity (Wildman–Crippen MR) is 117 cm³/mol. The van der Waals surface area contributed by atoms with E-state index in [0.717, 1.165) is 50.9 Å². The van der Waals surface area contributed by atoms with Crippen LogP contribution < -0.4 is 15.4 Å². The number of guanidine groups is 1. The first-order valence-corrected chi connectivity index (χ1v) is 10.6. The van der Waals surface area contributed by atoms with Crippen molar-refractivity contribution in [1.29, 1.82) is 0 Å². The summed E-state index contributed by atoms with van der Waals surface area (Å²) in [6.07, 6.45) is 7.40. The highest BCUT2D eigenvalue weighted by Gasteiger charge is 2.23. The van der Waals surface area contributed by atoms with Crippen LogP contribution in [0.4, 0.5) is 0 Å². The molecule has 1 atom stereocenters. The van der Waals surface area contributed by atoms with Crippen LogP contribution in [0.3, 0.4) is 0 Å². The zero-order valence-electron chi connectivity index (χ0n) is 17.9. The summed E-state index contributed by atoms with van der Waals surface area (Å²) in [5, 5.41) is 11.1. The first-order chi connectivity index (χ1) is 14.2. The summed E-state index contributed by atoms with van der Waals surface area (Å²) < 4.78 is 7.28. The highest BCUT2D eigenvalue weighted by atomic mass is 16.5. The maximum absolute atomic E-state index is 5.44. The number of rotatable bonds is 9. The summed E-state index contributed by atoms with van der Waals surface area (Å²) in [5.41, 5.74) is 2.49. The van der Waals surface area contributed by atoms with Gasteiger partial charge < -0.3 is 15.4 Å². The van der Waals surface area contributed by atoms with E-state index in [4.69, 9.17) is 9.73 Å². The van der Waals surface area contributed by atoms with Crippen LogP contribution in [-0.4, -0.2) is 60.5 Å². The molecule has 1 fully saturated rings. The zero-order valence-corrected chi connectivity index (χ0v) is 17.9. The standard InChI is InChI=1S/C22H34N6O/c1-4-23-22(24-11-10-18-15-26-27(2)17-18)25-16-21(28-12-5-6-13-28)19-8-7-9-20(14-19)29-3/h7-9,14-15,17,21H,4-6,10-13,16H2,1-3H3,(H2,23,24,25). The van der Waals surface area contributed by atoms with Gasteiger partial charge in [-0.25, -0.2) is 0 Å². The number of ether oxygens (including phenoxy) is 1. The molecule has 0 saturated carbocycles. The van der Waals surface area contributed by atoms with Gasteiger partial charge in [0.15, 0.2) is 5.96 Å². The molecule has 1 aliphatic heterocycles. The molecule has 7 nitrogen and oxygen atoms in total. The number of methoxy groups -OCH3 is 1. The average Bonchev–Trinajstić information content (AvgIpc) is 3.40. The van der Waals surface area contributed by atoms with Gasteiger partial charge in [0.05, 0.1) is 25.9 Å². The molecule has 0 radical (unpaired) electrons. The normalized spacial score (nSPS) is 16.0. The number of hydrogen-bond acceptors (Lipinski definition) is 4. The van der Waals surface area contributed by atoms with Gasteiger partial charge in [0.25, 0.3) is 0 Å². The maximum Gasteiger partial charge on any atom is 0.191 e. The van der Waals surface area contributed by atoms with Crippen molar-refractivity contribution >= 4 is 5.96 Å². The molecule has 0 bridgehead atoms. The minimum atomic E-state index is 0.265. The van der Waals surface area contributed by atoms with Crippen LogP contribution in [0.1, 0.15) is 36.9 Å². The molecule has 1 aliphatic rings. The fourth-order valence-electron chi connectivity index (χ4n) is 3.78. The van der Waals surface area contributed by atoms with Crippen LogP contribution >= 0.6 is 0 Å². The first-order valence-electron chi connectivity index (χ1n) is 10.6. The zero-order chi connectivity index (χ0) is 20.5. The molecular formula is C22H34N6O. The molecule has 1 saturated heterocycles. The maximum atomic E-state index is 5.44. The van der Waals surface area contributed by atoms with E-state index in [1.54, 1.807) is 7.11 Å². The Labute approximate surface area is 174 Å². The van der Waals surface area contributed by atoms with Gasteiger partial charge in [0.2, 0.25) is 0 Å². The molecule has 158 valence electrons. The molecule has 3 rings (SSSR count). The van der Waals surface area contributed by atoms with E-state index < -0.39 is 0 Å². The quantitative estimate of drug-likeness (QED) is 0.501. The van der Waals surface area contributed by atoms with Crippen molar-refractivity contribution in [3.05, 3.63) is 47.8 Å². The van der Waals surface area contributed by atoms with Gasteiger partial charge in [-0.05, 0) is 62.5 Å². The lowest BCUT2D eigenvalue weighted by atomic mass is 10.1. The van der Waals surface area contributed by atoms with Crippen molar-refractivity contribution in [2.45, 2.75) is 32.2 Å². The molecule has 2 heterocycles. The van der Waals surface area contributed by atoms with Crippen molar-refractivity contribution in [3.63, 3.8) is 0 Å². The second kappa shape index (κ2) is 10.9. The first kappa shape index (κ1) is 21.2. The van der Waals surface area contributed by atoms with Gasteiger partial charge in [0.1, 0.15) is 5.75 Å². The molecule has 2 N–H and O–H groups in total. The second-order valence-electron chi connectivity index (χ2n) is 7.45. The van der Waals surface area contributed by atoms with Gasteiger partial charge in [-0.15, -0.1) is 0 Å². The lowest BCUT2D eigenvalue weighted by molar-refractivity contribution is 0.251. The molecule has 1 unspecified atom stereocenters. The summed E-state index contributed by atoms with van der Waals surface area (Å²) in [6.45, 7) is 6.73. The Morgan fingerprint density at radius 3 is 2.79 bits per heavy atom. The number of aryl methyl sites for hydroxylation is 1. The van der Waals surface area contributed by atoms with Crippen LogP contribution in [0.25, 0.3) is 0 Å². The van der Waals surface area contributed by atoms with Gasteiger partial charge in [-0.3, -0.25) is 14.6 Å². The summed E-state index contributed by atoms with van der Waals surface area (Å²) in [7, 11) is 3.66. The number of aliphatic imine (C=N–C) groups is 1. The molecule has 29 heavy (non-hydrogen) atoms. The number of aromatic nitrogens is 2. The van der Waals surface area contributed by atoms with E-state index in [1.165, 1.54) is 24.0 Å². The smallest absolute Gasteiger partial charge is 0.191 e. The number of likely N-dealkylation sites (tertiary alicyclic amines) is 1. The van der Waals surface area contributed by atoms with Gasteiger partial charge in [0, 0.05) is 26.3 Å². The predicted octanol–water partition coefficient (Wildman–Crippen LogP) is 2.36. The van der Waals surface area contributed by atoms with E-state index in [-0.39, 0.29) is 6.04 Å². The number of nitrogens with zero attached hydrogens (tertiary/aromatic N) is 4. The highest BCUT2D eigenvalue weighted by Crippen LogP contribution is 2.27. The van der Waals surface area contributed by atoms with Crippen LogP contribution in [-0.2, 0) is 13.5 Å². The SMILES string of the molecule is CCNC(=NCC(c1cccc(OC)c1)N1CCCC1)NCCc1cnn(C)c1. The summed E-state index contributed by atoms with van der Waals surface area (Å²) in [5.74, 6) is 1.76. The van der Waals surface area contributed by atoms with Gasteiger partial charge >= 0.3 is 0 Å². The summed E-state index contributed by atoms with van der Waals surface area (Å²) in [4.78, 5) is 7.46. The van der Waals surface area contributed by atoms with Crippen molar-refractivity contribution in [2.75, 3.05) is 39.8 Å². The molecule has 7 heteroatoms. The highest BCUT2D eigenvalue weighted by molar-refractivity contribution is 5.79. The Bertz CT molecular complexity index is 781. The molecule has 0 spiro atoms. The lowest BCUT2D eigenvalue weighted by Crippen LogP contribution is -2.39. The summed E-state index contributed by atoms with van der Waals surface area (Å²) in [6, 6.07) is 8.66. The summed E-state index contributed by atoms with van der Waals surface area (Å²) >= 11 is 0. The molecule has 0 amide bonds. The van der Waals surface area contributed by atoms with Crippen LogP contribution in [0, 0.1) is 0 Å². The molecule has 0 aliphatic carbocycles. The fraction of sp³-hybridized carbons (Fsp3) is 0.545. The Morgan fingerprint density at radius 1 is 1.28 bits per heavy atom. The molecule has 1 aromatic heterocycles. The topological polar surface area (TPSA) is 66.7 Å². The largest absolute Gasteiger partial charge is 0.497 e. The third kappa shape index (κ3) is 6.22. The monoisotopic (exact) mass is 398 g/mol. The van der Waals surface area contributed by atoms with E-state index in [2.05, 4.69) is 52.0 Å². The van der Waals surface area contributed by atoms with Crippen molar-refractivity contribution in [2.24, 2.45) is 12.0 Å². The number of nitrogens with one attached hydrogen (secondary N) is 2. The van der Waals surface area contributed by atoms with Gasteiger partial charge in [-0.2, -0.15) is 5.10 Å². The lowest BCUT2D eigenvalue weighted by Gasteiger charge is -2.27. The molecule has 2 aromatic rings.